The fraction of sp³-hybridized carbons (Fsp3) is 0.200. The van der Waals surface area contributed by atoms with Crippen molar-refractivity contribution in [3.63, 3.8) is 0 Å². The number of fused-ring (bicyclic) bond motifs is 1. The molecule has 0 saturated heterocycles. The summed E-state index contributed by atoms with van der Waals surface area (Å²) in [5.74, 6) is 0.837. The highest BCUT2D eigenvalue weighted by Gasteiger charge is 2.13. The first-order valence-corrected chi connectivity index (χ1v) is 9.70. The van der Waals surface area contributed by atoms with Gasteiger partial charge in [0.05, 0.1) is 6.42 Å². The van der Waals surface area contributed by atoms with E-state index in [1.54, 1.807) is 0 Å². The van der Waals surface area contributed by atoms with E-state index in [4.69, 9.17) is 0 Å². The second-order valence-electron chi connectivity index (χ2n) is 6.26. The van der Waals surface area contributed by atoms with Crippen LogP contribution >= 0.6 is 11.3 Å². The predicted octanol–water partition coefficient (Wildman–Crippen LogP) is 3.99. The summed E-state index contributed by atoms with van der Waals surface area (Å²) in [7, 11) is 0. The van der Waals surface area contributed by atoms with Gasteiger partial charge in [-0.3, -0.25) is 4.79 Å². The lowest BCUT2D eigenvalue weighted by Gasteiger charge is -2.06. The second-order valence-corrected chi connectivity index (χ2v) is 7.22. The zero-order chi connectivity index (χ0) is 18.6. The zero-order valence-electron chi connectivity index (χ0n) is 14.9. The number of nitrogens with one attached hydrogen (secondary N) is 1. The van der Waals surface area contributed by atoms with Crippen molar-refractivity contribution in [3.8, 4) is 10.6 Å². The molecule has 2 aromatic heterocycles. The van der Waals surface area contributed by atoms with E-state index in [1.807, 2.05) is 59.1 Å². The highest BCUT2D eigenvalue weighted by molar-refractivity contribution is 7.19. The smallest absolute Gasteiger partial charge is 0.234 e. The fourth-order valence-corrected chi connectivity index (χ4v) is 3.72. The molecule has 6 nitrogen and oxygen atoms in total. The molecule has 0 aliphatic rings. The number of rotatable bonds is 6. The Morgan fingerprint density at radius 1 is 1.11 bits per heavy atom. The lowest BCUT2D eigenvalue weighted by molar-refractivity contribution is -0.115. The molecule has 0 aliphatic carbocycles. The molecule has 136 valence electrons. The molecule has 0 bridgehead atoms. The maximum atomic E-state index is 12.3. The van der Waals surface area contributed by atoms with E-state index in [9.17, 15) is 4.79 Å². The predicted molar refractivity (Wildman–Crippen MR) is 107 cm³/mol. The van der Waals surface area contributed by atoms with E-state index in [-0.39, 0.29) is 5.91 Å². The summed E-state index contributed by atoms with van der Waals surface area (Å²) in [4.78, 5) is 13.1. The van der Waals surface area contributed by atoms with E-state index in [0.29, 0.717) is 6.42 Å². The van der Waals surface area contributed by atoms with Crippen LogP contribution in [0.4, 0.5) is 5.69 Å². The van der Waals surface area contributed by atoms with Gasteiger partial charge in [0, 0.05) is 17.7 Å². The Morgan fingerprint density at radius 2 is 1.96 bits per heavy atom. The first-order valence-electron chi connectivity index (χ1n) is 8.88. The maximum absolute atomic E-state index is 12.3. The highest BCUT2D eigenvalue weighted by atomic mass is 32.1. The second kappa shape index (κ2) is 7.67. The van der Waals surface area contributed by atoms with Crippen LogP contribution in [-0.2, 0) is 17.6 Å². The van der Waals surface area contributed by atoms with Crippen LogP contribution in [0.5, 0.6) is 0 Å². The van der Waals surface area contributed by atoms with E-state index in [0.717, 1.165) is 45.4 Å². The Balaban J connectivity index is 1.53. The number of amides is 1. The van der Waals surface area contributed by atoms with E-state index < -0.39 is 0 Å². The van der Waals surface area contributed by atoms with Crippen LogP contribution < -0.4 is 5.32 Å². The molecule has 0 unspecified atom stereocenters. The fourth-order valence-electron chi connectivity index (χ4n) is 2.87. The van der Waals surface area contributed by atoms with Crippen LogP contribution in [0.15, 0.2) is 54.6 Å². The Morgan fingerprint density at radius 3 is 2.78 bits per heavy atom. The average Bonchev–Trinajstić information content (AvgIpc) is 3.25. The molecule has 0 atom stereocenters. The number of nitrogens with zero attached hydrogens (tertiary/aromatic N) is 4. The monoisotopic (exact) mass is 377 g/mol. The molecule has 0 fully saturated rings. The number of aromatic nitrogens is 4. The Bertz CT molecular complexity index is 1070. The molecular formula is C20H19N5OS. The van der Waals surface area contributed by atoms with Crippen molar-refractivity contribution in [1.82, 2.24) is 19.8 Å². The SMILES string of the molecule is CCCc1nnc2sc(-c3cccc(NC(=O)Cc4ccccc4)c3)nn12. The van der Waals surface area contributed by atoms with Crippen molar-refractivity contribution in [1.29, 1.82) is 0 Å². The van der Waals surface area contributed by atoms with Crippen molar-refractivity contribution in [2.45, 2.75) is 26.2 Å². The summed E-state index contributed by atoms with van der Waals surface area (Å²) < 4.78 is 1.81. The topological polar surface area (TPSA) is 72.2 Å². The molecule has 0 radical (unpaired) electrons. The van der Waals surface area contributed by atoms with Gasteiger partial charge in [-0.05, 0) is 24.1 Å². The number of carbonyl (C=O) groups excluding carboxylic acids is 1. The molecule has 0 saturated carbocycles. The van der Waals surface area contributed by atoms with Gasteiger partial charge < -0.3 is 5.32 Å². The normalized spacial score (nSPS) is 11.0. The van der Waals surface area contributed by atoms with Gasteiger partial charge in [0.15, 0.2) is 5.82 Å². The van der Waals surface area contributed by atoms with E-state index in [1.165, 1.54) is 11.3 Å². The lowest BCUT2D eigenvalue weighted by Crippen LogP contribution is -2.14. The van der Waals surface area contributed by atoms with Crippen LogP contribution in [0.25, 0.3) is 15.5 Å². The van der Waals surface area contributed by atoms with Crippen molar-refractivity contribution >= 4 is 27.9 Å². The molecule has 0 aliphatic heterocycles. The molecule has 0 spiro atoms. The largest absolute Gasteiger partial charge is 0.326 e. The van der Waals surface area contributed by atoms with Crippen molar-refractivity contribution in [2.24, 2.45) is 0 Å². The number of carbonyl (C=O) groups is 1. The Labute approximate surface area is 160 Å². The first-order chi connectivity index (χ1) is 13.2. The third-order valence-electron chi connectivity index (χ3n) is 4.13. The minimum Gasteiger partial charge on any atom is -0.326 e. The van der Waals surface area contributed by atoms with Gasteiger partial charge in [0.25, 0.3) is 0 Å². The number of benzene rings is 2. The van der Waals surface area contributed by atoms with Crippen LogP contribution in [0, 0.1) is 0 Å². The van der Waals surface area contributed by atoms with E-state index >= 15 is 0 Å². The molecule has 4 rings (SSSR count). The molecule has 2 aromatic carbocycles. The highest BCUT2D eigenvalue weighted by Crippen LogP contribution is 2.27. The van der Waals surface area contributed by atoms with Gasteiger partial charge >= 0.3 is 0 Å². The minimum atomic E-state index is -0.0401. The number of anilines is 1. The summed E-state index contributed by atoms with van der Waals surface area (Å²) in [5, 5.41) is 16.8. The molecular weight excluding hydrogens is 358 g/mol. The van der Waals surface area contributed by atoms with Gasteiger partial charge in [-0.15, -0.1) is 10.2 Å². The number of hydrogen-bond donors (Lipinski definition) is 1. The molecule has 7 heteroatoms. The van der Waals surface area contributed by atoms with E-state index in [2.05, 4.69) is 27.5 Å². The molecule has 27 heavy (non-hydrogen) atoms. The van der Waals surface area contributed by atoms with Crippen LogP contribution in [-0.4, -0.2) is 25.7 Å². The summed E-state index contributed by atoms with van der Waals surface area (Å²) >= 11 is 1.49. The van der Waals surface area contributed by atoms with Crippen molar-refractivity contribution in [2.75, 3.05) is 5.32 Å². The quantitative estimate of drug-likeness (QED) is 0.551. The van der Waals surface area contributed by atoms with Crippen molar-refractivity contribution < 1.29 is 4.79 Å². The third-order valence-corrected chi connectivity index (χ3v) is 5.08. The average molecular weight is 377 g/mol. The van der Waals surface area contributed by atoms with Crippen LogP contribution in [0.3, 0.4) is 0 Å². The standard InChI is InChI=1S/C20H19N5OS/c1-2-7-17-22-23-20-25(17)24-19(27-20)15-10-6-11-16(13-15)21-18(26)12-14-8-4-3-5-9-14/h3-6,8-11,13H,2,7,12H2,1H3,(H,21,26). The molecule has 1 N–H and O–H groups in total. The summed E-state index contributed by atoms with van der Waals surface area (Å²) in [6, 6.07) is 17.4. The van der Waals surface area contributed by atoms with Gasteiger partial charge in [-0.1, -0.05) is 60.7 Å². The Kier molecular flexibility index (Phi) is 4.93. The Hall–Kier alpha value is -3.06. The first kappa shape index (κ1) is 17.4. The number of hydrogen-bond acceptors (Lipinski definition) is 5. The third kappa shape index (κ3) is 3.88. The minimum absolute atomic E-state index is 0.0401. The van der Waals surface area contributed by atoms with Gasteiger partial charge in [-0.25, -0.2) is 0 Å². The van der Waals surface area contributed by atoms with Gasteiger partial charge in [0.2, 0.25) is 10.9 Å². The zero-order valence-corrected chi connectivity index (χ0v) is 15.7. The summed E-state index contributed by atoms with van der Waals surface area (Å²) in [5.41, 5.74) is 2.70. The molecule has 2 heterocycles. The summed E-state index contributed by atoms with van der Waals surface area (Å²) in [6.45, 7) is 2.11. The van der Waals surface area contributed by atoms with Crippen molar-refractivity contribution in [3.05, 3.63) is 66.0 Å². The number of aryl methyl sites for hydroxylation is 1. The van der Waals surface area contributed by atoms with Crippen LogP contribution in [0.2, 0.25) is 0 Å². The lowest BCUT2D eigenvalue weighted by atomic mass is 10.1. The van der Waals surface area contributed by atoms with Gasteiger partial charge in [0.1, 0.15) is 5.01 Å². The van der Waals surface area contributed by atoms with Crippen LogP contribution in [0.1, 0.15) is 24.7 Å². The molecule has 4 aromatic rings. The molecule has 1 amide bonds. The maximum Gasteiger partial charge on any atom is 0.234 e. The van der Waals surface area contributed by atoms with Gasteiger partial charge in [-0.2, -0.15) is 9.61 Å². The summed E-state index contributed by atoms with van der Waals surface area (Å²) in [6.07, 6.45) is 2.19.